The predicted molar refractivity (Wildman–Crippen MR) is 242 cm³/mol. The molecule has 0 aliphatic rings. The largest absolute Gasteiger partial charge is 0.462 e. The Balaban J connectivity index is 4.55. The van der Waals surface area contributed by atoms with Crippen LogP contribution in [0.15, 0.2) is 97.2 Å². The molecule has 0 aliphatic heterocycles. The molecule has 0 aromatic heterocycles. The van der Waals surface area contributed by atoms with Crippen LogP contribution in [0.3, 0.4) is 0 Å². The second kappa shape index (κ2) is 45.0. The molecule has 57 heavy (non-hydrogen) atoms. The zero-order valence-electron chi connectivity index (χ0n) is 36.6. The summed E-state index contributed by atoms with van der Waals surface area (Å²) in [5, 5.41) is 0. The summed E-state index contributed by atoms with van der Waals surface area (Å²) >= 11 is 0. The first kappa shape index (κ1) is 53.3. The van der Waals surface area contributed by atoms with E-state index in [-0.39, 0.29) is 44.4 Å². The van der Waals surface area contributed by atoms with Crippen molar-refractivity contribution in [3.63, 3.8) is 0 Å². The van der Waals surface area contributed by atoms with Crippen LogP contribution >= 0.6 is 0 Å². The summed E-state index contributed by atoms with van der Waals surface area (Å²) in [6, 6.07) is 0. The van der Waals surface area contributed by atoms with Crippen LogP contribution in [0.2, 0.25) is 0 Å². The molecule has 0 fully saturated rings. The van der Waals surface area contributed by atoms with Gasteiger partial charge in [-0.3, -0.25) is 14.4 Å². The highest BCUT2D eigenvalue weighted by molar-refractivity contribution is 5.72. The maximum atomic E-state index is 12.7. The average molecular weight is 791 g/mol. The van der Waals surface area contributed by atoms with Gasteiger partial charge < -0.3 is 14.2 Å². The van der Waals surface area contributed by atoms with Crippen LogP contribution in [0.4, 0.5) is 0 Å². The first-order valence-electron chi connectivity index (χ1n) is 22.7. The Labute approximate surface area is 349 Å². The van der Waals surface area contributed by atoms with E-state index in [2.05, 4.69) is 106 Å². The van der Waals surface area contributed by atoms with E-state index in [0.29, 0.717) is 6.42 Å². The van der Waals surface area contributed by atoms with E-state index >= 15 is 0 Å². The molecule has 0 aromatic carbocycles. The minimum Gasteiger partial charge on any atom is -0.462 e. The van der Waals surface area contributed by atoms with Crippen molar-refractivity contribution in [1.82, 2.24) is 0 Å². The van der Waals surface area contributed by atoms with Gasteiger partial charge in [-0.2, -0.15) is 0 Å². The second-order valence-corrected chi connectivity index (χ2v) is 14.6. The third-order valence-electron chi connectivity index (χ3n) is 9.07. The molecule has 1 atom stereocenters. The van der Waals surface area contributed by atoms with Gasteiger partial charge >= 0.3 is 17.9 Å². The Morgan fingerprint density at radius 2 is 0.772 bits per heavy atom. The highest BCUT2D eigenvalue weighted by Gasteiger charge is 2.19. The summed E-state index contributed by atoms with van der Waals surface area (Å²) < 4.78 is 16.5. The summed E-state index contributed by atoms with van der Waals surface area (Å²) in [5.41, 5.74) is 0. The number of carbonyl (C=O) groups excluding carboxylic acids is 3. The molecular formula is C51H82O6. The van der Waals surface area contributed by atoms with E-state index in [0.717, 1.165) is 77.0 Å². The quantitative estimate of drug-likeness (QED) is 0.0267. The number of allylic oxidation sites excluding steroid dienone is 15. The minimum atomic E-state index is -0.841. The first-order chi connectivity index (χ1) is 28.0. The van der Waals surface area contributed by atoms with E-state index < -0.39 is 12.1 Å². The lowest BCUT2D eigenvalue weighted by Crippen LogP contribution is -2.30. The van der Waals surface area contributed by atoms with Gasteiger partial charge in [0.25, 0.3) is 0 Å². The van der Waals surface area contributed by atoms with Gasteiger partial charge in [-0.1, -0.05) is 169 Å². The normalized spacial score (nSPS) is 13.0. The fourth-order valence-corrected chi connectivity index (χ4v) is 5.66. The van der Waals surface area contributed by atoms with Gasteiger partial charge in [0, 0.05) is 12.8 Å². The van der Waals surface area contributed by atoms with Crippen molar-refractivity contribution in [2.45, 2.75) is 194 Å². The van der Waals surface area contributed by atoms with Crippen molar-refractivity contribution in [3.8, 4) is 0 Å². The number of hydrogen-bond acceptors (Lipinski definition) is 6. The lowest BCUT2D eigenvalue weighted by Gasteiger charge is -2.18. The summed E-state index contributed by atoms with van der Waals surface area (Å²) in [4.78, 5) is 37.6. The Hall–Kier alpha value is -3.67. The lowest BCUT2D eigenvalue weighted by atomic mass is 10.1. The fraction of sp³-hybridized carbons (Fsp3) is 0.627. The molecule has 0 radical (unpaired) electrons. The van der Waals surface area contributed by atoms with Crippen molar-refractivity contribution >= 4 is 17.9 Å². The van der Waals surface area contributed by atoms with E-state index in [1.54, 1.807) is 6.08 Å². The Morgan fingerprint density at radius 3 is 1.33 bits per heavy atom. The second-order valence-electron chi connectivity index (χ2n) is 14.6. The number of rotatable bonds is 39. The number of ether oxygens (including phenoxy) is 3. The third kappa shape index (κ3) is 43.3. The lowest BCUT2D eigenvalue weighted by molar-refractivity contribution is -0.166. The predicted octanol–water partition coefficient (Wildman–Crippen LogP) is 14.6. The highest BCUT2D eigenvalue weighted by atomic mass is 16.6. The van der Waals surface area contributed by atoms with Gasteiger partial charge in [-0.05, 0) is 96.3 Å². The molecule has 0 bridgehead atoms. The van der Waals surface area contributed by atoms with Gasteiger partial charge in [0.05, 0.1) is 6.42 Å². The highest BCUT2D eigenvalue weighted by Crippen LogP contribution is 2.11. The number of hydrogen-bond donors (Lipinski definition) is 0. The number of esters is 3. The molecule has 6 heteroatoms. The smallest absolute Gasteiger partial charge is 0.309 e. The zero-order valence-corrected chi connectivity index (χ0v) is 36.6. The molecule has 0 heterocycles. The first-order valence-corrected chi connectivity index (χ1v) is 22.7. The monoisotopic (exact) mass is 791 g/mol. The molecule has 322 valence electrons. The van der Waals surface area contributed by atoms with Crippen molar-refractivity contribution < 1.29 is 28.6 Å². The van der Waals surface area contributed by atoms with Crippen molar-refractivity contribution in [1.29, 1.82) is 0 Å². The van der Waals surface area contributed by atoms with Crippen LogP contribution < -0.4 is 0 Å². The molecule has 0 N–H and O–H groups in total. The van der Waals surface area contributed by atoms with E-state index in [1.807, 2.05) is 6.08 Å². The fourth-order valence-electron chi connectivity index (χ4n) is 5.66. The van der Waals surface area contributed by atoms with E-state index in [9.17, 15) is 14.4 Å². The molecule has 6 nitrogen and oxygen atoms in total. The average Bonchev–Trinajstić information content (AvgIpc) is 3.21. The summed E-state index contributed by atoms with van der Waals surface area (Å²) in [6.07, 6.45) is 58.6. The van der Waals surface area contributed by atoms with Gasteiger partial charge in [0.15, 0.2) is 6.10 Å². The molecular weight excluding hydrogens is 709 g/mol. The molecule has 0 aromatic rings. The van der Waals surface area contributed by atoms with Gasteiger partial charge in [0.2, 0.25) is 0 Å². The summed E-state index contributed by atoms with van der Waals surface area (Å²) in [5.74, 6) is -1.15. The minimum absolute atomic E-state index is 0.120. The SMILES string of the molecule is CC/C=C\C/C=C\C/C=C\CC(=O)OCC(COC(=O)CCC/C=C\C/C=C\C/C=C\C/C=C\CCCCC)OC(=O)CCCCC/C=C\CCCCCCCC. The Bertz CT molecular complexity index is 1180. The van der Waals surface area contributed by atoms with Gasteiger partial charge in [0.1, 0.15) is 13.2 Å². The maximum Gasteiger partial charge on any atom is 0.309 e. The van der Waals surface area contributed by atoms with Crippen LogP contribution in [-0.2, 0) is 28.6 Å². The Morgan fingerprint density at radius 1 is 0.386 bits per heavy atom. The number of carbonyl (C=O) groups is 3. The number of unbranched alkanes of at least 4 members (excludes halogenated alkanes) is 13. The standard InChI is InChI=1S/C51H82O6/c1-4-7-10-13-16-19-21-23-24-25-26-28-29-32-35-38-41-44-50(53)56-47-48(46-55-49(52)43-40-37-34-31-18-15-12-9-6-3)57-51(54)45-42-39-36-33-30-27-22-20-17-14-11-8-5-2/h9,12,16,18-19,23-24,26-28,30-32,35,37,40,48H,4-8,10-11,13-15,17,20-22,25,29,33-34,36,38-39,41-47H2,1-3H3/b12-9-,19-16-,24-23-,28-26-,30-27-,31-18-,35-32-,40-37-. The van der Waals surface area contributed by atoms with E-state index in [4.69, 9.17) is 14.2 Å². The molecule has 0 rings (SSSR count). The van der Waals surface area contributed by atoms with Crippen molar-refractivity contribution in [3.05, 3.63) is 97.2 Å². The topological polar surface area (TPSA) is 78.9 Å². The van der Waals surface area contributed by atoms with Crippen molar-refractivity contribution in [2.24, 2.45) is 0 Å². The van der Waals surface area contributed by atoms with Gasteiger partial charge in [-0.25, -0.2) is 0 Å². The molecule has 0 amide bonds. The van der Waals surface area contributed by atoms with Crippen LogP contribution in [0.5, 0.6) is 0 Å². The van der Waals surface area contributed by atoms with Crippen LogP contribution in [-0.4, -0.2) is 37.2 Å². The molecule has 0 saturated heterocycles. The van der Waals surface area contributed by atoms with Crippen LogP contribution in [0.25, 0.3) is 0 Å². The van der Waals surface area contributed by atoms with Gasteiger partial charge in [-0.15, -0.1) is 0 Å². The van der Waals surface area contributed by atoms with Crippen LogP contribution in [0.1, 0.15) is 188 Å². The molecule has 0 spiro atoms. The molecule has 0 saturated carbocycles. The Kier molecular flexibility index (Phi) is 42.1. The third-order valence-corrected chi connectivity index (χ3v) is 9.07. The summed E-state index contributed by atoms with van der Waals surface area (Å²) in [6.45, 7) is 6.29. The van der Waals surface area contributed by atoms with Crippen LogP contribution in [0, 0.1) is 0 Å². The maximum absolute atomic E-state index is 12.7. The molecule has 1 unspecified atom stereocenters. The zero-order chi connectivity index (χ0) is 41.5. The summed E-state index contributed by atoms with van der Waals surface area (Å²) in [7, 11) is 0. The van der Waals surface area contributed by atoms with Crippen molar-refractivity contribution in [2.75, 3.05) is 13.2 Å². The van der Waals surface area contributed by atoms with E-state index in [1.165, 1.54) is 64.2 Å². The molecule has 0 aliphatic carbocycles.